The summed E-state index contributed by atoms with van der Waals surface area (Å²) in [7, 11) is 3.44. The molecule has 23 heavy (non-hydrogen) atoms. The Morgan fingerprint density at radius 1 is 1.30 bits per heavy atom. The standard InChI is InChI=1S/C18H18N4O/c1-21(2)18(23)16-12-14(5-8-20-16)13-3-4-17-15(11-13)6-9-22(17)10-7-19/h3-5,8,11-12H,6,9-10H2,1-2H3. The van der Waals surface area contributed by atoms with Gasteiger partial charge in [-0.2, -0.15) is 5.26 Å². The van der Waals surface area contributed by atoms with E-state index in [-0.39, 0.29) is 5.91 Å². The second kappa shape index (κ2) is 6.09. The molecule has 0 unspecified atom stereocenters. The first-order valence-electron chi connectivity index (χ1n) is 7.53. The number of carbonyl (C=O) groups is 1. The van der Waals surface area contributed by atoms with Crippen LogP contribution in [0.2, 0.25) is 0 Å². The Kier molecular flexibility index (Phi) is 3.98. The fraction of sp³-hybridized carbons (Fsp3) is 0.278. The zero-order chi connectivity index (χ0) is 16.4. The third kappa shape index (κ3) is 2.88. The number of amides is 1. The van der Waals surface area contributed by atoms with E-state index >= 15 is 0 Å². The molecule has 0 fully saturated rings. The first kappa shape index (κ1) is 15.0. The van der Waals surface area contributed by atoms with Gasteiger partial charge in [0.05, 0.1) is 6.07 Å². The van der Waals surface area contributed by atoms with Gasteiger partial charge in [-0.05, 0) is 47.4 Å². The summed E-state index contributed by atoms with van der Waals surface area (Å²) in [5.74, 6) is -0.104. The van der Waals surface area contributed by atoms with Crippen LogP contribution >= 0.6 is 0 Å². The normalized spacial score (nSPS) is 12.7. The van der Waals surface area contributed by atoms with Crippen molar-refractivity contribution in [3.8, 4) is 17.2 Å². The Balaban J connectivity index is 1.93. The average Bonchev–Trinajstić information content (AvgIpc) is 2.97. The van der Waals surface area contributed by atoms with E-state index in [9.17, 15) is 4.79 Å². The summed E-state index contributed by atoms with van der Waals surface area (Å²) in [6, 6.07) is 12.2. The van der Waals surface area contributed by atoms with Gasteiger partial charge in [0, 0.05) is 32.5 Å². The highest BCUT2D eigenvalue weighted by Crippen LogP contribution is 2.32. The maximum Gasteiger partial charge on any atom is 0.271 e. The number of hydrogen-bond acceptors (Lipinski definition) is 4. The molecule has 0 bridgehead atoms. The summed E-state index contributed by atoms with van der Waals surface area (Å²) in [6.07, 6.45) is 2.61. The van der Waals surface area contributed by atoms with Gasteiger partial charge in [0.25, 0.3) is 5.91 Å². The first-order valence-corrected chi connectivity index (χ1v) is 7.53. The predicted molar refractivity (Wildman–Crippen MR) is 89.2 cm³/mol. The minimum absolute atomic E-state index is 0.104. The number of anilines is 1. The van der Waals surface area contributed by atoms with Gasteiger partial charge in [-0.1, -0.05) is 6.07 Å². The SMILES string of the molecule is CN(C)C(=O)c1cc(-c2ccc3c(c2)CCN3CC#N)ccn1. The summed E-state index contributed by atoms with van der Waals surface area (Å²) < 4.78 is 0. The van der Waals surface area contributed by atoms with Crippen LogP contribution in [0.5, 0.6) is 0 Å². The van der Waals surface area contributed by atoms with Crippen molar-refractivity contribution in [2.24, 2.45) is 0 Å². The van der Waals surface area contributed by atoms with E-state index in [4.69, 9.17) is 5.26 Å². The number of benzene rings is 1. The monoisotopic (exact) mass is 306 g/mol. The minimum atomic E-state index is -0.104. The summed E-state index contributed by atoms with van der Waals surface area (Å²) in [5.41, 5.74) is 4.87. The Bertz CT molecular complexity index is 792. The van der Waals surface area contributed by atoms with Gasteiger partial charge >= 0.3 is 0 Å². The lowest BCUT2D eigenvalue weighted by Crippen LogP contribution is -2.22. The van der Waals surface area contributed by atoms with E-state index in [1.807, 2.05) is 18.2 Å². The van der Waals surface area contributed by atoms with Gasteiger partial charge in [0.2, 0.25) is 0 Å². The van der Waals surface area contributed by atoms with Gasteiger partial charge in [-0.25, -0.2) is 0 Å². The summed E-state index contributed by atoms with van der Waals surface area (Å²) >= 11 is 0. The van der Waals surface area contributed by atoms with Crippen LogP contribution in [0, 0.1) is 11.3 Å². The number of hydrogen-bond donors (Lipinski definition) is 0. The van der Waals surface area contributed by atoms with Crippen LogP contribution < -0.4 is 4.90 Å². The molecule has 5 nitrogen and oxygen atoms in total. The Labute approximate surface area is 135 Å². The van der Waals surface area contributed by atoms with Crippen LogP contribution in [0.1, 0.15) is 16.1 Å². The van der Waals surface area contributed by atoms with Crippen molar-refractivity contribution in [3.05, 3.63) is 47.8 Å². The minimum Gasteiger partial charge on any atom is -0.358 e. The van der Waals surface area contributed by atoms with Crippen LogP contribution in [-0.2, 0) is 6.42 Å². The molecule has 0 radical (unpaired) electrons. The fourth-order valence-electron chi connectivity index (χ4n) is 2.86. The zero-order valence-corrected chi connectivity index (χ0v) is 13.3. The van der Waals surface area contributed by atoms with Crippen LogP contribution in [0.15, 0.2) is 36.5 Å². The number of nitriles is 1. The molecular formula is C18H18N4O. The van der Waals surface area contributed by atoms with E-state index in [2.05, 4.69) is 28.1 Å². The highest BCUT2D eigenvalue weighted by atomic mass is 16.2. The zero-order valence-electron chi connectivity index (χ0n) is 13.3. The molecule has 3 rings (SSSR count). The maximum atomic E-state index is 12.1. The number of carbonyl (C=O) groups excluding carboxylic acids is 1. The van der Waals surface area contributed by atoms with Gasteiger partial charge in [0.1, 0.15) is 12.2 Å². The van der Waals surface area contributed by atoms with E-state index in [0.29, 0.717) is 12.2 Å². The lowest BCUT2D eigenvalue weighted by molar-refractivity contribution is 0.0822. The molecule has 0 saturated heterocycles. The largest absolute Gasteiger partial charge is 0.358 e. The van der Waals surface area contributed by atoms with Crippen LogP contribution in [-0.4, -0.2) is 43.0 Å². The molecule has 1 aromatic heterocycles. The lowest BCUT2D eigenvalue weighted by Gasteiger charge is -2.15. The van der Waals surface area contributed by atoms with Crippen LogP contribution in [0.4, 0.5) is 5.69 Å². The van der Waals surface area contributed by atoms with Crippen molar-refractivity contribution in [2.45, 2.75) is 6.42 Å². The molecule has 1 aromatic carbocycles. The lowest BCUT2D eigenvalue weighted by atomic mass is 10.0. The number of nitrogens with zero attached hydrogens (tertiary/aromatic N) is 4. The third-order valence-corrected chi connectivity index (χ3v) is 4.05. The smallest absolute Gasteiger partial charge is 0.271 e. The predicted octanol–water partition coefficient (Wildman–Crippen LogP) is 2.34. The molecular weight excluding hydrogens is 288 g/mol. The quantitative estimate of drug-likeness (QED) is 0.817. The molecule has 1 amide bonds. The van der Waals surface area contributed by atoms with E-state index < -0.39 is 0 Å². The van der Waals surface area contributed by atoms with Crippen LogP contribution in [0.3, 0.4) is 0 Å². The molecule has 0 atom stereocenters. The van der Waals surface area contributed by atoms with Crippen molar-refractivity contribution in [2.75, 3.05) is 32.1 Å². The topological polar surface area (TPSA) is 60.2 Å². The number of rotatable bonds is 3. The summed E-state index contributed by atoms with van der Waals surface area (Å²) in [5, 5.41) is 8.88. The van der Waals surface area contributed by atoms with Crippen LogP contribution in [0.25, 0.3) is 11.1 Å². The van der Waals surface area contributed by atoms with Gasteiger partial charge < -0.3 is 9.80 Å². The molecule has 0 spiro atoms. The molecule has 0 aliphatic carbocycles. The number of fused-ring (bicyclic) bond motifs is 1. The van der Waals surface area contributed by atoms with E-state index in [1.54, 1.807) is 20.3 Å². The van der Waals surface area contributed by atoms with Gasteiger partial charge in [0.15, 0.2) is 0 Å². The van der Waals surface area contributed by atoms with Crippen molar-refractivity contribution >= 4 is 11.6 Å². The molecule has 1 aliphatic heterocycles. The summed E-state index contributed by atoms with van der Waals surface area (Å²) in [4.78, 5) is 19.8. The highest BCUT2D eigenvalue weighted by molar-refractivity contribution is 5.93. The second-order valence-electron chi connectivity index (χ2n) is 5.80. The second-order valence-corrected chi connectivity index (χ2v) is 5.80. The molecule has 2 heterocycles. The first-order chi connectivity index (χ1) is 11.1. The molecule has 0 saturated carbocycles. The third-order valence-electron chi connectivity index (χ3n) is 4.05. The Hall–Kier alpha value is -2.87. The van der Waals surface area contributed by atoms with Crippen molar-refractivity contribution in [3.63, 3.8) is 0 Å². The maximum absolute atomic E-state index is 12.1. The number of pyridine rings is 1. The Morgan fingerprint density at radius 3 is 2.83 bits per heavy atom. The molecule has 0 N–H and O–H groups in total. The van der Waals surface area contributed by atoms with Crippen molar-refractivity contribution < 1.29 is 4.79 Å². The number of aromatic nitrogens is 1. The molecule has 5 heteroatoms. The molecule has 1 aliphatic rings. The highest BCUT2D eigenvalue weighted by Gasteiger charge is 2.19. The van der Waals surface area contributed by atoms with Crippen molar-refractivity contribution in [1.82, 2.24) is 9.88 Å². The fourth-order valence-corrected chi connectivity index (χ4v) is 2.86. The average molecular weight is 306 g/mol. The van der Waals surface area contributed by atoms with Crippen molar-refractivity contribution in [1.29, 1.82) is 5.26 Å². The summed E-state index contributed by atoms with van der Waals surface area (Å²) in [6.45, 7) is 1.30. The van der Waals surface area contributed by atoms with Gasteiger partial charge in [-0.15, -0.1) is 0 Å². The Morgan fingerprint density at radius 2 is 2.09 bits per heavy atom. The van der Waals surface area contributed by atoms with E-state index in [1.165, 1.54) is 10.5 Å². The molecule has 2 aromatic rings. The van der Waals surface area contributed by atoms with E-state index in [0.717, 1.165) is 29.8 Å². The molecule has 116 valence electrons. The van der Waals surface area contributed by atoms with Gasteiger partial charge in [-0.3, -0.25) is 9.78 Å².